The van der Waals surface area contributed by atoms with E-state index >= 15 is 0 Å². The summed E-state index contributed by atoms with van der Waals surface area (Å²) in [6, 6.07) is 7.65. The van der Waals surface area contributed by atoms with Crippen LogP contribution in [0.4, 0.5) is 5.69 Å². The number of amides is 1. The molecule has 5 nitrogen and oxygen atoms in total. The van der Waals surface area contributed by atoms with Crippen molar-refractivity contribution in [3.05, 3.63) is 29.8 Å². The van der Waals surface area contributed by atoms with Crippen LogP contribution in [0.25, 0.3) is 0 Å². The minimum Gasteiger partial charge on any atom is -0.395 e. The first-order valence-electron chi connectivity index (χ1n) is 6.66. The number of hydrogen-bond acceptors (Lipinski definition) is 4. The topological polar surface area (TPSA) is 78.6 Å². The van der Waals surface area contributed by atoms with Crippen LogP contribution in [0, 0.1) is 0 Å². The van der Waals surface area contributed by atoms with Gasteiger partial charge in [-0.05, 0) is 37.1 Å². The van der Waals surface area contributed by atoms with Crippen LogP contribution in [-0.4, -0.2) is 41.7 Å². The third-order valence-electron chi connectivity index (χ3n) is 3.53. The van der Waals surface area contributed by atoms with Crippen molar-refractivity contribution < 1.29 is 9.90 Å². The molecule has 1 aliphatic rings. The molecule has 19 heavy (non-hydrogen) atoms. The summed E-state index contributed by atoms with van der Waals surface area (Å²) in [5.41, 5.74) is 7.34. The van der Waals surface area contributed by atoms with E-state index in [4.69, 9.17) is 5.73 Å². The molecule has 1 heterocycles. The van der Waals surface area contributed by atoms with Gasteiger partial charge in [0, 0.05) is 18.3 Å². The maximum atomic E-state index is 11.9. The van der Waals surface area contributed by atoms with Crippen LogP contribution in [0.3, 0.4) is 0 Å². The first kappa shape index (κ1) is 14.0. The van der Waals surface area contributed by atoms with E-state index in [0.717, 1.165) is 30.6 Å². The molecular weight excluding hydrogens is 242 g/mol. The molecule has 1 fully saturated rings. The van der Waals surface area contributed by atoms with Gasteiger partial charge in [-0.3, -0.25) is 9.69 Å². The maximum absolute atomic E-state index is 11.9. The number of carbonyl (C=O) groups is 1. The Bertz CT molecular complexity index is 419. The van der Waals surface area contributed by atoms with Crippen LogP contribution in [0.2, 0.25) is 0 Å². The maximum Gasteiger partial charge on any atom is 0.238 e. The molecule has 1 saturated heterocycles. The van der Waals surface area contributed by atoms with Crippen LogP contribution in [-0.2, 0) is 11.3 Å². The molecule has 1 unspecified atom stereocenters. The zero-order chi connectivity index (χ0) is 13.7. The van der Waals surface area contributed by atoms with E-state index in [-0.39, 0.29) is 18.6 Å². The number of benzene rings is 1. The fraction of sp³-hybridized carbons (Fsp3) is 0.500. The predicted molar refractivity (Wildman–Crippen MR) is 74.6 cm³/mol. The van der Waals surface area contributed by atoms with Gasteiger partial charge in [0.25, 0.3) is 0 Å². The number of likely N-dealkylation sites (tertiary alicyclic amines) is 1. The van der Waals surface area contributed by atoms with Crippen molar-refractivity contribution >= 4 is 11.6 Å². The fourth-order valence-electron chi connectivity index (χ4n) is 2.42. The fourth-order valence-corrected chi connectivity index (χ4v) is 2.42. The standard InChI is InChI=1S/C14H21N3O2/c15-8-11-3-5-12(6-4-11)16-14(19)9-17-7-1-2-13(17)10-18/h3-6,13,18H,1-2,7-10,15H2,(H,16,19). The Morgan fingerprint density at radius 1 is 1.42 bits per heavy atom. The van der Waals surface area contributed by atoms with E-state index in [1.165, 1.54) is 0 Å². The van der Waals surface area contributed by atoms with Crippen LogP contribution in [0.5, 0.6) is 0 Å². The van der Waals surface area contributed by atoms with Crippen molar-refractivity contribution in [3.63, 3.8) is 0 Å². The van der Waals surface area contributed by atoms with Gasteiger partial charge in [0.2, 0.25) is 5.91 Å². The third-order valence-corrected chi connectivity index (χ3v) is 3.53. The Balaban J connectivity index is 1.86. The molecule has 1 aromatic carbocycles. The highest BCUT2D eigenvalue weighted by molar-refractivity contribution is 5.92. The minimum absolute atomic E-state index is 0.0409. The molecule has 2 rings (SSSR count). The number of anilines is 1. The molecule has 1 atom stereocenters. The SMILES string of the molecule is NCc1ccc(NC(=O)CN2CCCC2CO)cc1. The smallest absolute Gasteiger partial charge is 0.238 e. The van der Waals surface area contributed by atoms with Gasteiger partial charge in [-0.25, -0.2) is 0 Å². The summed E-state index contributed by atoms with van der Waals surface area (Å²) in [6.45, 7) is 1.84. The van der Waals surface area contributed by atoms with E-state index in [9.17, 15) is 9.90 Å². The largest absolute Gasteiger partial charge is 0.395 e. The van der Waals surface area contributed by atoms with Gasteiger partial charge in [0.05, 0.1) is 13.2 Å². The third kappa shape index (κ3) is 3.76. The molecule has 0 aliphatic carbocycles. The molecule has 4 N–H and O–H groups in total. The second-order valence-electron chi connectivity index (χ2n) is 4.90. The second kappa shape index (κ2) is 6.65. The van der Waals surface area contributed by atoms with E-state index in [0.29, 0.717) is 13.1 Å². The van der Waals surface area contributed by atoms with E-state index in [2.05, 4.69) is 5.32 Å². The van der Waals surface area contributed by atoms with Crippen molar-refractivity contribution in [3.8, 4) is 0 Å². The summed E-state index contributed by atoms with van der Waals surface area (Å²) in [5, 5.41) is 12.1. The van der Waals surface area contributed by atoms with Crippen molar-refractivity contribution in [2.75, 3.05) is 25.0 Å². The van der Waals surface area contributed by atoms with Gasteiger partial charge in [-0.2, -0.15) is 0 Å². The van der Waals surface area contributed by atoms with Gasteiger partial charge in [-0.15, -0.1) is 0 Å². The Labute approximate surface area is 113 Å². The quantitative estimate of drug-likeness (QED) is 0.724. The average Bonchev–Trinajstić information content (AvgIpc) is 2.86. The zero-order valence-corrected chi connectivity index (χ0v) is 11.0. The summed E-state index contributed by atoms with van der Waals surface area (Å²) in [6.07, 6.45) is 2.01. The second-order valence-corrected chi connectivity index (χ2v) is 4.90. The molecule has 104 valence electrons. The van der Waals surface area contributed by atoms with Crippen molar-refractivity contribution in [1.82, 2.24) is 4.90 Å². The Morgan fingerprint density at radius 2 is 2.16 bits per heavy atom. The van der Waals surface area contributed by atoms with Crippen LogP contribution >= 0.6 is 0 Å². The number of nitrogens with one attached hydrogen (secondary N) is 1. The number of nitrogens with two attached hydrogens (primary N) is 1. The normalized spacial score (nSPS) is 19.6. The molecule has 0 spiro atoms. The highest BCUT2D eigenvalue weighted by Crippen LogP contribution is 2.16. The highest BCUT2D eigenvalue weighted by Gasteiger charge is 2.25. The first-order chi connectivity index (χ1) is 9.22. The molecule has 0 saturated carbocycles. The lowest BCUT2D eigenvalue weighted by atomic mass is 10.2. The van der Waals surface area contributed by atoms with Crippen molar-refractivity contribution in [2.24, 2.45) is 5.73 Å². The number of aliphatic hydroxyl groups is 1. The minimum atomic E-state index is -0.0409. The molecule has 5 heteroatoms. The van der Waals surface area contributed by atoms with E-state index in [1.807, 2.05) is 29.2 Å². The molecule has 1 amide bonds. The van der Waals surface area contributed by atoms with Gasteiger partial charge in [0.15, 0.2) is 0 Å². The molecule has 0 radical (unpaired) electrons. The number of rotatable bonds is 5. The zero-order valence-electron chi connectivity index (χ0n) is 11.0. The van der Waals surface area contributed by atoms with Gasteiger partial charge >= 0.3 is 0 Å². The van der Waals surface area contributed by atoms with Crippen LogP contribution < -0.4 is 11.1 Å². The van der Waals surface area contributed by atoms with Gasteiger partial charge in [0.1, 0.15) is 0 Å². The van der Waals surface area contributed by atoms with E-state index < -0.39 is 0 Å². The number of aliphatic hydroxyl groups excluding tert-OH is 1. The Kier molecular flexibility index (Phi) is 4.90. The summed E-state index contributed by atoms with van der Waals surface area (Å²) in [4.78, 5) is 14.0. The highest BCUT2D eigenvalue weighted by atomic mass is 16.3. The van der Waals surface area contributed by atoms with Gasteiger partial charge in [-0.1, -0.05) is 12.1 Å². The summed E-state index contributed by atoms with van der Waals surface area (Å²) >= 11 is 0. The van der Waals surface area contributed by atoms with Crippen molar-refractivity contribution in [1.29, 1.82) is 0 Å². The Hall–Kier alpha value is -1.43. The summed E-state index contributed by atoms with van der Waals surface area (Å²) in [5.74, 6) is -0.0409. The summed E-state index contributed by atoms with van der Waals surface area (Å²) < 4.78 is 0. The molecule has 1 aromatic rings. The number of hydrogen-bond donors (Lipinski definition) is 3. The lowest BCUT2D eigenvalue weighted by Gasteiger charge is -2.21. The van der Waals surface area contributed by atoms with Gasteiger partial charge < -0.3 is 16.2 Å². The van der Waals surface area contributed by atoms with E-state index in [1.54, 1.807) is 0 Å². The number of nitrogens with zero attached hydrogens (tertiary/aromatic N) is 1. The lowest BCUT2D eigenvalue weighted by Crippen LogP contribution is -2.38. The molecule has 0 aromatic heterocycles. The predicted octanol–water partition coefficient (Wildman–Crippen LogP) is 0.540. The Morgan fingerprint density at radius 3 is 2.79 bits per heavy atom. The average molecular weight is 263 g/mol. The molecule has 0 bridgehead atoms. The first-order valence-corrected chi connectivity index (χ1v) is 6.66. The van der Waals surface area contributed by atoms with Crippen molar-refractivity contribution in [2.45, 2.75) is 25.4 Å². The van der Waals surface area contributed by atoms with Crippen LogP contribution in [0.1, 0.15) is 18.4 Å². The molecular formula is C14H21N3O2. The number of carbonyl (C=O) groups excluding carboxylic acids is 1. The monoisotopic (exact) mass is 263 g/mol. The lowest BCUT2D eigenvalue weighted by molar-refractivity contribution is -0.117. The summed E-state index contributed by atoms with van der Waals surface area (Å²) in [7, 11) is 0. The molecule has 1 aliphatic heterocycles. The van der Waals surface area contributed by atoms with Crippen LogP contribution in [0.15, 0.2) is 24.3 Å².